The average molecular weight is 390 g/mol. The van der Waals surface area contributed by atoms with Crippen molar-refractivity contribution in [1.29, 1.82) is 0 Å². The van der Waals surface area contributed by atoms with Gasteiger partial charge >= 0.3 is 0 Å². The van der Waals surface area contributed by atoms with Crippen molar-refractivity contribution in [2.24, 2.45) is 0 Å². The van der Waals surface area contributed by atoms with Crippen LogP contribution in [0.1, 0.15) is 26.8 Å². The van der Waals surface area contributed by atoms with Crippen LogP contribution in [-0.2, 0) is 13.9 Å². The van der Waals surface area contributed by atoms with Gasteiger partial charge in [0.05, 0.1) is 18.5 Å². The molecule has 8 nitrogen and oxygen atoms in total. The van der Waals surface area contributed by atoms with E-state index < -0.39 is 14.1 Å². The number of anilines is 1. The van der Waals surface area contributed by atoms with Crippen LogP contribution in [0.4, 0.5) is 5.82 Å². The summed E-state index contributed by atoms with van der Waals surface area (Å²) in [4.78, 5) is 12.8. The third-order valence-electron chi connectivity index (χ3n) is 4.87. The van der Waals surface area contributed by atoms with Gasteiger partial charge in [0.2, 0.25) is 0 Å². The van der Waals surface area contributed by atoms with Gasteiger partial charge in [0.15, 0.2) is 25.6 Å². The van der Waals surface area contributed by atoms with E-state index >= 15 is 0 Å². The minimum Gasteiger partial charge on any atom is -0.411 e. The Bertz CT molecular complexity index is 904. The minimum absolute atomic E-state index is 0.0406. The van der Waals surface area contributed by atoms with Crippen LogP contribution in [0, 0.1) is 0 Å². The average Bonchev–Trinajstić information content (AvgIpc) is 3.16. The molecule has 0 spiro atoms. The Kier molecular flexibility index (Phi) is 4.19. The smallest absolute Gasteiger partial charge is 0.184 e. The topological polar surface area (TPSA) is 97.3 Å². The number of hydrogen-bond acceptors (Lipinski definition) is 7. The molecule has 146 valence electrons. The molecule has 1 fully saturated rings. The summed E-state index contributed by atoms with van der Waals surface area (Å²) in [5.74, 6) is -0.284. The number of nitrogen functional groups attached to an aromatic ring is 1. The zero-order valence-corrected chi connectivity index (χ0v) is 17.6. The summed E-state index contributed by atoms with van der Waals surface area (Å²) in [5, 5.41) is 0. The maximum absolute atomic E-state index is 6.33. The van der Waals surface area contributed by atoms with Crippen LogP contribution < -0.4 is 5.73 Å². The third-order valence-corrected chi connectivity index (χ3v) is 5.93. The second-order valence-electron chi connectivity index (χ2n) is 8.63. The summed E-state index contributed by atoms with van der Waals surface area (Å²) < 4.78 is 20.8. The van der Waals surface area contributed by atoms with E-state index in [4.69, 9.17) is 19.6 Å². The van der Waals surface area contributed by atoms with Crippen LogP contribution in [0.5, 0.6) is 0 Å². The number of nitrogens with two attached hydrogens (primary N) is 1. The van der Waals surface area contributed by atoms with Gasteiger partial charge in [-0.15, -0.1) is 0 Å². The van der Waals surface area contributed by atoms with Gasteiger partial charge in [-0.3, -0.25) is 0 Å². The van der Waals surface area contributed by atoms with E-state index in [9.17, 15) is 0 Å². The lowest BCUT2D eigenvalue weighted by Gasteiger charge is -2.27. The molecule has 2 N–H and O–H groups in total. The largest absolute Gasteiger partial charge is 0.411 e. The molecule has 0 aromatic carbocycles. The molecule has 0 unspecified atom stereocenters. The zero-order chi connectivity index (χ0) is 19.6. The van der Waals surface area contributed by atoms with Gasteiger partial charge in [-0.05, 0) is 46.0 Å². The molecule has 0 radical (unpaired) electrons. The second-order valence-corrected chi connectivity index (χ2v) is 13.1. The fraction of sp³-hybridized carbons (Fsp3) is 0.611. The summed E-state index contributed by atoms with van der Waals surface area (Å²) in [7, 11) is -1.70. The number of imidazole rings is 1. The number of ether oxygens (including phenoxy) is 2. The van der Waals surface area contributed by atoms with E-state index in [1.807, 2.05) is 18.4 Å². The number of rotatable bonds is 4. The van der Waals surface area contributed by atoms with Gasteiger partial charge in [0.1, 0.15) is 24.1 Å². The van der Waals surface area contributed by atoms with Crippen molar-refractivity contribution in [2.45, 2.75) is 70.6 Å². The lowest BCUT2D eigenvalue weighted by atomic mass is 10.1. The Morgan fingerprint density at radius 2 is 1.96 bits per heavy atom. The van der Waals surface area contributed by atoms with Crippen molar-refractivity contribution in [1.82, 2.24) is 19.5 Å². The monoisotopic (exact) mass is 389 g/mol. The van der Waals surface area contributed by atoms with Crippen molar-refractivity contribution >= 4 is 25.3 Å². The van der Waals surface area contributed by atoms with Crippen molar-refractivity contribution in [2.75, 3.05) is 5.73 Å². The highest BCUT2D eigenvalue weighted by Gasteiger charge is 2.52. The normalized spacial score (nSPS) is 28.4. The number of aromatic nitrogens is 4. The van der Waals surface area contributed by atoms with Crippen molar-refractivity contribution in [3.05, 3.63) is 24.3 Å². The quantitative estimate of drug-likeness (QED) is 0.634. The van der Waals surface area contributed by atoms with Gasteiger partial charge < -0.3 is 24.2 Å². The molecule has 1 saturated heterocycles. The molecular weight excluding hydrogens is 362 g/mol. The first-order chi connectivity index (χ1) is 12.6. The highest BCUT2D eigenvalue weighted by atomic mass is 28.4. The molecular formula is C18H27N5O3Si. The zero-order valence-electron chi connectivity index (χ0n) is 16.6. The van der Waals surface area contributed by atoms with E-state index in [0.29, 0.717) is 17.0 Å². The summed E-state index contributed by atoms with van der Waals surface area (Å²) in [6.07, 6.45) is 5.01. The van der Waals surface area contributed by atoms with E-state index in [-0.39, 0.29) is 24.4 Å². The van der Waals surface area contributed by atoms with Crippen LogP contribution in [-0.4, -0.2) is 51.9 Å². The third kappa shape index (κ3) is 3.29. The molecule has 4 rings (SSSR count). The maximum atomic E-state index is 6.33. The predicted molar refractivity (Wildman–Crippen MR) is 105 cm³/mol. The standard InChI is InChI=1S/C18H27N5O3Si/c1-10(26-27(4,5)6)11-7-12(15-14(11)24-18(2,3)25-15)23-9-22-13-16(19)20-8-21-17(13)23/h7-10,12,14-15H,1-6H3,(H2,19,20,21)/t10-,12-,14-,15+/m1/s1. The van der Waals surface area contributed by atoms with Crippen LogP contribution in [0.3, 0.4) is 0 Å². The van der Waals surface area contributed by atoms with Gasteiger partial charge in [0.25, 0.3) is 0 Å². The summed E-state index contributed by atoms with van der Waals surface area (Å²) in [6.45, 7) is 12.5. The molecule has 0 amide bonds. The molecule has 0 saturated carbocycles. The van der Waals surface area contributed by atoms with Crippen molar-refractivity contribution in [3.63, 3.8) is 0 Å². The predicted octanol–water partition coefficient (Wildman–Crippen LogP) is 2.65. The summed E-state index contributed by atoms with van der Waals surface area (Å²) in [6, 6.07) is -0.0984. The van der Waals surface area contributed by atoms with Crippen molar-refractivity contribution in [3.8, 4) is 0 Å². The SMILES string of the molecule is C[C@@H](O[Si](C)(C)C)C1=C[C@@H](n2cnc3c(N)ncnc32)[C@@H]2OC(C)(C)O[C@H]12. The molecule has 0 bridgehead atoms. The second kappa shape index (κ2) is 6.10. The first kappa shape index (κ1) is 18.5. The van der Waals surface area contributed by atoms with Gasteiger partial charge in [-0.25, -0.2) is 15.0 Å². The van der Waals surface area contributed by atoms with E-state index in [0.717, 1.165) is 5.57 Å². The van der Waals surface area contributed by atoms with Crippen LogP contribution in [0.2, 0.25) is 19.6 Å². The molecule has 27 heavy (non-hydrogen) atoms. The molecule has 9 heteroatoms. The maximum Gasteiger partial charge on any atom is 0.184 e. The first-order valence-electron chi connectivity index (χ1n) is 9.24. The summed E-state index contributed by atoms with van der Waals surface area (Å²) in [5.41, 5.74) is 8.35. The van der Waals surface area contributed by atoms with Crippen LogP contribution in [0.25, 0.3) is 11.2 Å². The van der Waals surface area contributed by atoms with Crippen molar-refractivity contribution < 1.29 is 13.9 Å². The van der Waals surface area contributed by atoms with Gasteiger partial charge in [0, 0.05) is 0 Å². The molecule has 2 aromatic rings. The van der Waals surface area contributed by atoms with E-state index in [1.165, 1.54) is 6.33 Å². The Labute approximate surface area is 159 Å². The minimum atomic E-state index is -1.70. The summed E-state index contributed by atoms with van der Waals surface area (Å²) >= 11 is 0. The van der Waals surface area contributed by atoms with E-state index in [1.54, 1.807) is 6.33 Å². The van der Waals surface area contributed by atoms with Crippen LogP contribution >= 0.6 is 0 Å². The Morgan fingerprint density at radius 1 is 1.22 bits per heavy atom. The number of hydrogen-bond donors (Lipinski definition) is 1. The fourth-order valence-electron chi connectivity index (χ4n) is 3.98. The lowest BCUT2D eigenvalue weighted by molar-refractivity contribution is -0.148. The first-order valence-corrected chi connectivity index (χ1v) is 12.6. The van der Waals surface area contributed by atoms with Gasteiger partial charge in [-0.1, -0.05) is 6.08 Å². The Hall–Kier alpha value is -1.81. The van der Waals surface area contributed by atoms with Gasteiger partial charge in [-0.2, -0.15) is 0 Å². The Balaban J connectivity index is 1.76. The fourth-order valence-corrected chi connectivity index (χ4v) is 5.17. The molecule has 1 aliphatic heterocycles. The molecule has 1 aliphatic carbocycles. The molecule has 2 aromatic heterocycles. The Morgan fingerprint density at radius 3 is 2.67 bits per heavy atom. The molecule has 4 atom stereocenters. The number of fused-ring (bicyclic) bond motifs is 2. The van der Waals surface area contributed by atoms with Crippen LogP contribution in [0.15, 0.2) is 24.3 Å². The highest BCUT2D eigenvalue weighted by Crippen LogP contribution is 2.45. The highest BCUT2D eigenvalue weighted by molar-refractivity contribution is 6.69. The lowest BCUT2D eigenvalue weighted by Crippen LogP contribution is -2.35. The van der Waals surface area contributed by atoms with E-state index in [2.05, 4.69) is 47.6 Å². The number of nitrogens with zero attached hydrogens (tertiary/aromatic N) is 4. The molecule has 2 aliphatic rings. The molecule has 3 heterocycles.